The summed E-state index contributed by atoms with van der Waals surface area (Å²) < 4.78 is 7.09. The van der Waals surface area contributed by atoms with E-state index in [2.05, 4.69) is 15.4 Å². The molecule has 3 aromatic rings. The third-order valence-corrected chi connectivity index (χ3v) is 2.71. The predicted octanol–water partition coefficient (Wildman–Crippen LogP) is 1.49. The average molecular weight is 256 g/mol. The third kappa shape index (κ3) is 2.33. The molecule has 0 radical (unpaired) electrons. The normalized spacial score (nSPS) is 10.8. The van der Waals surface area contributed by atoms with E-state index in [0.717, 1.165) is 5.52 Å². The van der Waals surface area contributed by atoms with Gasteiger partial charge in [-0.15, -0.1) is 0 Å². The Morgan fingerprint density at radius 3 is 3.00 bits per heavy atom. The number of carbonyl (C=O) groups excluding carboxylic acids is 1. The maximum absolute atomic E-state index is 11.8. The van der Waals surface area contributed by atoms with Crippen molar-refractivity contribution in [3.8, 4) is 0 Å². The summed E-state index contributed by atoms with van der Waals surface area (Å²) in [7, 11) is 1.76. The molecule has 0 spiro atoms. The smallest absolute Gasteiger partial charge is 0.254 e. The molecule has 2 aromatic heterocycles. The van der Waals surface area contributed by atoms with Gasteiger partial charge in [0.25, 0.3) is 5.91 Å². The second-order valence-corrected chi connectivity index (χ2v) is 4.16. The number of amides is 1. The number of nitrogens with zero attached hydrogens (tertiary/aromatic N) is 3. The molecule has 0 aliphatic heterocycles. The van der Waals surface area contributed by atoms with Crippen molar-refractivity contribution in [3.05, 3.63) is 48.1 Å². The van der Waals surface area contributed by atoms with Crippen molar-refractivity contribution >= 4 is 17.0 Å². The van der Waals surface area contributed by atoms with Crippen molar-refractivity contribution in [3.63, 3.8) is 0 Å². The van der Waals surface area contributed by atoms with Gasteiger partial charge in [-0.05, 0) is 12.1 Å². The number of para-hydroxylation sites is 2. The van der Waals surface area contributed by atoms with E-state index in [-0.39, 0.29) is 12.5 Å². The standard InChI is InChI=1S/C13H12N4O2/c1-17-8-9(6-15-17)13(18)14-7-12-16-10-4-2-3-5-11(10)19-12/h2-6,8H,7H2,1H3,(H,14,18). The zero-order chi connectivity index (χ0) is 13.2. The molecule has 2 heterocycles. The Balaban J connectivity index is 1.70. The largest absolute Gasteiger partial charge is 0.439 e. The zero-order valence-electron chi connectivity index (χ0n) is 10.3. The van der Waals surface area contributed by atoms with Gasteiger partial charge in [0.1, 0.15) is 5.52 Å². The van der Waals surface area contributed by atoms with Crippen molar-refractivity contribution < 1.29 is 9.21 Å². The van der Waals surface area contributed by atoms with Crippen LogP contribution in [0.5, 0.6) is 0 Å². The molecule has 6 heteroatoms. The lowest BCUT2D eigenvalue weighted by Gasteiger charge is -1.98. The van der Waals surface area contributed by atoms with E-state index in [1.807, 2.05) is 24.3 Å². The Morgan fingerprint density at radius 1 is 1.42 bits per heavy atom. The zero-order valence-corrected chi connectivity index (χ0v) is 10.3. The number of nitrogens with one attached hydrogen (secondary N) is 1. The molecule has 1 aromatic carbocycles. The van der Waals surface area contributed by atoms with Gasteiger partial charge < -0.3 is 9.73 Å². The first-order valence-corrected chi connectivity index (χ1v) is 5.84. The van der Waals surface area contributed by atoms with Gasteiger partial charge in [0.2, 0.25) is 5.89 Å². The van der Waals surface area contributed by atoms with E-state index in [1.165, 1.54) is 6.20 Å². The molecule has 0 bridgehead atoms. The Morgan fingerprint density at radius 2 is 2.26 bits per heavy atom. The maximum atomic E-state index is 11.8. The number of aromatic nitrogens is 3. The van der Waals surface area contributed by atoms with Gasteiger partial charge in [-0.1, -0.05) is 12.1 Å². The van der Waals surface area contributed by atoms with Gasteiger partial charge in [-0.25, -0.2) is 4.98 Å². The molecule has 0 saturated heterocycles. The van der Waals surface area contributed by atoms with Gasteiger partial charge in [-0.2, -0.15) is 5.10 Å². The minimum absolute atomic E-state index is 0.199. The molecule has 0 saturated carbocycles. The number of benzene rings is 1. The minimum atomic E-state index is -0.199. The summed E-state index contributed by atoms with van der Waals surface area (Å²) in [6.07, 6.45) is 3.17. The lowest BCUT2D eigenvalue weighted by atomic mass is 10.3. The molecule has 96 valence electrons. The SMILES string of the molecule is Cn1cc(C(=O)NCc2nc3ccccc3o2)cn1. The van der Waals surface area contributed by atoms with Crippen LogP contribution in [0.1, 0.15) is 16.2 Å². The Bertz CT molecular complexity index is 696. The molecular weight excluding hydrogens is 244 g/mol. The lowest BCUT2D eigenvalue weighted by Crippen LogP contribution is -2.22. The summed E-state index contributed by atoms with van der Waals surface area (Å²) in [5, 5.41) is 6.69. The van der Waals surface area contributed by atoms with Crippen molar-refractivity contribution in [1.82, 2.24) is 20.1 Å². The number of rotatable bonds is 3. The van der Waals surface area contributed by atoms with Crippen LogP contribution >= 0.6 is 0 Å². The van der Waals surface area contributed by atoms with Crippen molar-refractivity contribution in [1.29, 1.82) is 0 Å². The van der Waals surface area contributed by atoms with Crippen LogP contribution in [0.4, 0.5) is 0 Å². The van der Waals surface area contributed by atoms with Gasteiger partial charge in [0.15, 0.2) is 5.58 Å². The van der Waals surface area contributed by atoms with Gasteiger partial charge in [0.05, 0.1) is 18.3 Å². The number of hydrogen-bond donors (Lipinski definition) is 1. The van der Waals surface area contributed by atoms with Crippen LogP contribution in [0.2, 0.25) is 0 Å². The molecule has 0 fully saturated rings. The van der Waals surface area contributed by atoms with Crippen LogP contribution in [0, 0.1) is 0 Å². The second kappa shape index (κ2) is 4.56. The fraction of sp³-hybridized carbons (Fsp3) is 0.154. The monoisotopic (exact) mass is 256 g/mol. The number of fused-ring (bicyclic) bond motifs is 1. The van der Waals surface area contributed by atoms with Crippen molar-refractivity contribution in [2.24, 2.45) is 7.05 Å². The summed E-state index contributed by atoms with van der Waals surface area (Å²) in [5.74, 6) is 0.286. The first-order chi connectivity index (χ1) is 9.22. The number of hydrogen-bond acceptors (Lipinski definition) is 4. The highest BCUT2D eigenvalue weighted by Gasteiger charge is 2.10. The average Bonchev–Trinajstić information content (AvgIpc) is 3.01. The van der Waals surface area contributed by atoms with E-state index in [1.54, 1.807) is 17.9 Å². The summed E-state index contributed by atoms with van der Waals surface area (Å²) >= 11 is 0. The van der Waals surface area contributed by atoms with Crippen LogP contribution in [0.15, 0.2) is 41.1 Å². The van der Waals surface area contributed by atoms with Gasteiger partial charge in [0, 0.05) is 13.2 Å². The van der Waals surface area contributed by atoms with E-state index in [9.17, 15) is 4.79 Å². The summed E-state index contributed by atoms with van der Waals surface area (Å²) in [6.45, 7) is 0.252. The number of carbonyl (C=O) groups is 1. The molecule has 0 unspecified atom stereocenters. The first kappa shape index (κ1) is 11.5. The molecule has 1 N–H and O–H groups in total. The van der Waals surface area contributed by atoms with Crippen LogP contribution < -0.4 is 5.32 Å². The first-order valence-electron chi connectivity index (χ1n) is 5.84. The lowest BCUT2D eigenvalue weighted by molar-refractivity contribution is 0.0947. The number of oxazole rings is 1. The fourth-order valence-corrected chi connectivity index (χ4v) is 1.79. The minimum Gasteiger partial charge on any atom is -0.439 e. The maximum Gasteiger partial charge on any atom is 0.254 e. The molecule has 19 heavy (non-hydrogen) atoms. The highest BCUT2D eigenvalue weighted by Crippen LogP contribution is 2.14. The number of aryl methyl sites for hydroxylation is 1. The van der Waals surface area contributed by atoms with E-state index in [4.69, 9.17) is 4.42 Å². The Kier molecular flexibility index (Phi) is 2.75. The van der Waals surface area contributed by atoms with Crippen LogP contribution in [-0.4, -0.2) is 20.7 Å². The Hall–Kier alpha value is -2.63. The van der Waals surface area contributed by atoms with Crippen LogP contribution in [-0.2, 0) is 13.6 Å². The summed E-state index contributed by atoms with van der Waals surface area (Å²) in [6, 6.07) is 7.48. The molecule has 0 atom stereocenters. The molecule has 0 aliphatic rings. The fourth-order valence-electron chi connectivity index (χ4n) is 1.79. The third-order valence-electron chi connectivity index (χ3n) is 2.71. The van der Waals surface area contributed by atoms with E-state index >= 15 is 0 Å². The predicted molar refractivity (Wildman–Crippen MR) is 68.4 cm³/mol. The quantitative estimate of drug-likeness (QED) is 0.770. The summed E-state index contributed by atoms with van der Waals surface area (Å²) in [5.41, 5.74) is 2.01. The molecule has 6 nitrogen and oxygen atoms in total. The van der Waals surface area contributed by atoms with Crippen molar-refractivity contribution in [2.45, 2.75) is 6.54 Å². The highest BCUT2D eigenvalue weighted by molar-refractivity contribution is 5.93. The highest BCUT2D eigenvalue weighted by atomic mass is 16.3. The second-order valence-electron chi connectivity index (χ2n) is 4.16. The van der Waals surface area contributed by atoms with Crippen LogP contribution in [0.3, 0.4) is 0 Å². The Labute approximate surface area is 109 Å². The van der Waals surface area contributed by atoms with Crippen LogP contribution in [0.25, 0.3) is 11.1 Å². The summed E-state index contributed by atoms with van der Waals surface area (Å²) in [4.78, 5) is 16.1. The molecule has 1 amide bonds. The van der Waals surface area contributed by atoms with E-state index < -0.39 is 0 Å². The van der Waals surface area contributed by atoms with Gasteiger partial charge >= 0.3 is 0 Å². The topological polar surface area (TPSA) is 73.0 Å². The molecule has 0 aliphatic carbocycles. The molecular formula is C13H12N4O2. The molecule has 3 rings (SSSR count). The van der Waals surface area contributed by atoms with E-state index in [0.29, 0.717) is 17.0 Å². The van der Waals surface area contributed by atoms with Gasteiger partial charge in [-0.3, -0.25) is 9.48 Å². The van der Waals surface area contributed by atoms with Crippen molar-refractivity contribution in [2.75, 3.05) is 0 Å².